The molecule has 0 radical (unpaired) electrons. The lowest BCUT2D eigenvalue weighted by molar-refractivity contribution is -0.0705. The lowest BCUT2D eigenvalue weighted by Crippen LogP contribution is -2.54. The average molecular weight is 322 g/mol. The molecule has 0 aromatic heterocycles. The fourth-order valence-electron chi connectivity index (χ4n) is 3.00. The standard InChI is InChI=1S/C13H26N2O3S2/c1-12(2,15-20(3,16)17)9-14-11-4-6-18-13(8-11)5-7-19-10-13/h11,14-15H,4-10H2,1-3H3. The minimum atomic E-state index is -3.17. The average Bonchev–Trinajstić information content (AvgIpc) is 2.72. The van der Waals surface area contributed by atoms with E-state index in [-0.39, 0.29) is 5.60 Å². The van der Waals surface area contributed by atoms with Gasteiger partial charge in [-0.1, -0.05) is 0 Å². The zero-order valence-electron chi connectivity index (χ0n) is 12.6. The van der Waals surface area contributed by atoms with Crippen molar-refractivity contribution in [3.8, 4) is 0 Å². The van der Waals surface area contributed by atoms with Gasteiger partial charge >= 0.3 is 0 Å². The topological polar surface area (TPSA) is 67.4 Å². The first-order chi connectivity index (χ1) is 9.20. The Morgan fingerprint density at radius 2 is 2.20 bits per heavy atom. The molecule has 2 rings (SSSR count). The highest BCUT2D eigenvalue weighted by atomic mass is 32.2. The van der Waals surface area contributed by atoms with E-state index in [4.69, 9.17) is 4.74 Å². The molecule has 0 aliphatic carbocycles. The Balaban J connectivity index is 1.84. The molecule has 0 amide bonds. The van der Waals surface area contributed by atoms with E-state index in [2.05, 4.69) is 10.0 Å². The molecular formula is C13H26N2O3S2. The first kappa shape index (κ1) is 16.5. The quantitative estimate of drug-likeness (QED) is 0.789. The van der Waals surface area contributed by atoms with Crippen molar-refractivity contribution in [1.29, 1.82) is 0 Å². The molecule has 2 aliphatic heterocycles. The molecule has 20 heavy (non-hydrogen) atoms. The number of rotatable bonds is 5. The first-order valence-corrected chi connectivity index (χ1v) is 10.2. The van der Waals surface area contributed by atoms with Crippen LogP contribution in [0.4, 0.5) is 0 Å². The summed E-state index contributed by atoms with van der Waals surface area (Å²) in [5.74, 6) is 2.28. The molecule has 2 aliphatic rings. The van der Waals surface area contributed by atoms with E-state index in [1.165, 1.54) is 12.0 Å². The highest BCUT2D eigenvalue weighted by Crippen LogP contribution is 2.38. The molecule has 1 spiro atoms. The molecule has 0 saturated carbocycles. The van der Waals surface area contributed by atoms with Gasteiger partial charge < -0.3 is 10.1 Å². The van der Waals surface area contributed by atoms with Crippen molar-refractivity contribution in [3.63, 3.8) is 0 Å². The number of ether oxygens (including phenoxy) is 1. The molecule has 2 fully saturated rings. The SMILES string of the molecule is CC(C)(CNC1CCOC2(CCSC2)C1)NS(C)(=O)=O. The van der Waals surface area contributed by atoms with Gasteiger partial charge in [0.2, 0.25) is 10.0 Å². The minimum absolute atomic E-state index is 0.0645. The van der Waals surface area contributed by atoms with Crippen LogP contribution in [0.3, 0.4) is 0 Å². The fraction of sp³-hybridized carbons (Fsp3) is 1.00. The van der Waals surface area contributed by atoms with Crippen LogP contribution in [0.5, 0.6) is 0 Å². The van der Waals surface area contributed by atoms with E-state index in [9.17, 15) is 8.42 Å². The molecule has 5 nitrogen and oxygen atoms in total. The van der Waals surface area contributed by atoms with Crippen molar-refractivity contribution in [2.24, 2.45) is 0 Å². The van der Waals surface area contributed by atoms with Gasteiger partial charge in [0, 0.05) is 30.5 Å². The molecule has 2 unspecified atom stereocenters. The number of thioether (sulfide) groups is 1. The third-order valence-corrected chi connectivity index (χ3v) is 6.00. The number of hydrogen-bond acceptors (Lipinski definition) is 5. The van der Waals surface area contributed by atoms with Gasteiger partial charge in [-0.3, -0.25) is 0 Å². The minimum Gasteiger partial charge on any atom is -0.374 e. The fourth-order valence-corrected chi connectivity index (χ4v) is 5.46. The van der Waals surface area contributed by atoms with E-state index in [1.54, 1.807) is 0 Å². The maximum Gasteiger partial charge on any atom is 0.209 e. The highest BCUT2D eigenvalue weighted by Gasteiger charge is 2.40. The second-order valence-electron chi connectivity index (χ2n) is 6.66. The van der Waals surface area contributed by atoms with E-state index in [1.807, 2.05) is 25.6 Å². The van der Waals surface area contributed by atoms with Gasteiger partial charge in [-0.15, -0.1) is 0 Å². The second-order valence-corrected chi connectivity index (χ2v) is 9.52. The molecule has 0 aromatic rings. The van der Waals surface area contributed by atoms with Gasteiger partial charge in [-0.05, 0) is 38.9 Å². The molecule has 7 heteroatoms. The van der Waals surface area contributed by atoms with E-state index in [0.29, 0.717) is 12.6 Å². The first-order valence-electron chi connectivity index (χ1n) is 7.14. The van der Waals surface area contributed by atoms with Crippen LogP contribution in [0.1, 0.15) is 33.1 Å². The number of sulfonamides is 1. The van der Waals surface area contributed by atoms with Crippen molar-refractivity contribution in [2.75, 3.05) is 30.9 Å². The zero-order chi connectivity index (χ0) is 14.9. The maximum atomic E-state index is 11.3. The molecule has 2 heterocycles. The van der Waals surface area contributed by atoms with Crippen molar-refractivity contribution in [1.82, 2.24) is 10.0 Å². The maximum absolute atomic E-state index is 11.3. The summed E-state index contributed by atoms with van der Waals surface area (Å²) >= 11 is 1.97. The van der Waals surface area contributed by atoms with Gasteiger partial charge in [0.1, 0.15) is 0 Å². The third-order valence-electron chi connectivity index (χ3n) is 3.85. The van der Waals surface area contributed by atoms with E-state index < -0.39 is 15.6 Å². The van der Waals surface area contributed by atoms with E-state index >= 15 is 0 Å². The highest BCUT2D eigenvalue weighted by molar-refractivity contribution is 7.99. The molecule has 0 bridgehead atoms. The molecule has 118 valence electrons. The molecule has 0 aromatic carbocycles. The Hall–Kier alpha value is 0.180. The van der Waals surface area contributed by atoms with Crippen LogP contribution in [-0.4, -0.2) is 56.5 Å². The molecular weight excluding hydrogens is 296 g/mol. The normalized spacial score (nSPS) is 31.9. The molecule has 2 atom stereocenters. The largest absolute Gasteiger partial charge is 0.374 e. The third kappa shape index (κ3) is 4.87. The Morgan fingerprint density at radius 1 is 1.45 bits per heavy atom. The van der Waals surface area contributed by atoms with Crippen molar-refractivity contribution < 1.29 is 13.2 Å². The van der Waals surface area contributed by atoms with Crippen LogP contribution in [-0.2, 0) is 14.8 Å². The summed E-state index contributed by atoms with van der Waals surface area (Å²) < 4.78 is 31.3. The van der Waals surface area contributed by atoms with Gasteiger partial charge in [0.15, 0.2) is 0 Å². The lowest BCUT2D eigenvalue weighted by Gasteiger charge is -2.39. The second kappa shape index (κ2) is 6.12. The lowest BCUT2D eigenvalue weighted by atomic mass is 9.89. The molecule has 2 N–H and O–H groups in total. The van der Waals surface area contributed by atoms with Crippen LogP contribution in [0.25, 0.3) is 0 Å². The smallest absolute Gasteiger partial charge is 0.209 e. The van der Waals surface area contributed by atoms with Gasteiger partial charge in [0.25, 0.3) is 0 Å². The number of hydrogen-bond donors (Lipinski definition) is 2. The van der Waals surface area contributed by atoms with Crippen LogP contribution in [0.15, 0.2) is 0 Å². The predicted molar refractivity (Wildman–Crippen MR) is 83.7 cm³/mol. The summed E-state index contributed by atoms with van der Waals surface area (Å²) in [6.45, 7) is 5.25. The Morgan fingerprint density at radius 3 is 2.80 bits per heavy atom. The van der Waals surface area contributed by atoms with Crippen LogP contribution in [0, 0.1) is 0 Å². The van der Waals surface area contributed by atoms with Crippen LogP contribution in [0.2, 0.25) is 0 Å². The van der Waals surface area contributed by atoms with Crippen molar-refractivity contribution >= 4 is 21.8 Å². The summed E-state index contributed by atoms with van der Waals surface area (Å²) in [6.07, 6.45) is 4.38. The summed E-state index contributed by atoms with van der Waals surface area (Å²) in [7, 11) is -3.17. The van der Waals surface area contributed by atoms with Gasteiger partial charge in [0.05, 0.1) is 11.9 Å². The predicted octanol–water partition coefficient (Wildman–Crippen LogP) is 0.959. The Kier molecular flexibility index (Phi) is 5.07. The zero-order valence-corrected chi connectivity index (χ0v) is 14.2. The van der Waals surface area contributed by atoms with Gasteiger partial charge in [-0.25, -0.2) is 13.1 Å². The number of nitrogens with one attached hydrogen (secondary N) is 2. The van der Waals surface area contributed by atoms with Gasteiger partial charge in [-0.2, -0.15) is 11.8 Å². The summed E-state index contributed by atoms with van der Waals surface area (Å²) in [5.41, 5.74) is -0.404. The Bertz CT molecular complexity index is 431. The monoisotopic (exact) mass is 322 g/mol. The van der Waals surface area contributed by atoms with Crippen LogP contribution >= 0.6 is 11.8 Å². The van der Waals surface area contributed by atoms with Crippen molar-refractivity contribution in [2.45, 2.75) is 50.3 Å². The summed E-state index contributed by atoms with van der Waals surface area (Å²) in [5, 5.41) is 3.52. The Labute approximate surface area is 126 Å². The van der Waals surface area contributed by atoms with Crippen molar-refractivity contribution in [3.05, 3.63) is 0 Å². The van der Waals surface area contributed by atoms with E-state index in [0.717, 1.165) is 31.6 Å². The summed E-state index contributed by atoms with van der Waals surface area (Å²) in [4.78, 5) is 0. The summed E-state index contributed by atoms with van der Waals surface area (Å²) in [6, 6.07) is 0.420. The molecule has 2 saturated heterocycles. The van der Waals surface area contributed by atoms with Crippen LogP contribution < -0.4 is 10.0 Å².